The van der Waals surface area contributed by atoms with Gasteiger partial charge >= 0.3 is 0 Å². The van der Waals surface area contributed by atoms with Gasteiger partial charge in [-0.05, 0) is 84.3 Å². The van der Waals surface area contributed by atoms with Gasteiger partial charge in [-0.25, -0.2) is 0 Å². The fourth-order valence-corrected chi connectivity index (χ4v) is 6.35. The van der Waals surface area contributed by atoms with E-state index in [2.05, 4.69) is 143 Å². The van der Waals surface area contributed by atoms with Crippen LogP contribution in [0.3, 0.4) is 0 Å². The van der Waals surface area contributed by atoms with Crippen molar-refractivity contribution in [3.63, 3.8) is 0 Å². The van der Waals surface area contributed by atoms with Crippen molar-refractivity contribution in [3.05, 3.63) is 139 Å². The number of aromatic nitrogens is 2. The van der Waals surface area contributed by atoms with Crippen LogP contribution >= 0.6 is 0 Å². The smallest absolute Gasteiger partial charge is 0.0542 e. The summed E-state index contributed by atoms with van der Waals surface area (Å²) in [5, 5.41) is 4.93. The van der Waals surface area contributed by atoms with Gasteiger partial charge in [0.15, 0.2) is 0 Å². The lowest BCUT2D eigenvalue weighted by Crippen LogP contribution is -1.97. The SMILES string of the molecule is Cc1cc(-c2cccc(-n3c4ccccc4c4cc(N)ccc43)c2)cc(-n2c3ccccc3c3ccccc32)c1. The molecule has 0 aliphatic rings. The topological polar surface area (TPSA) is 35.9 Å². The fourth-order valence-electron chi connectivity index (χ4n) is 6.35. The van der Waals surface area contributed by atoms with Gasteiger partial charge in [0.05, 0.1) is 22.1 Å². The molecule has 0 bridgehead atoms. The molecular weight excluding hydrogens is 486 g/mol. The van der Waals surface area contributed by atoms with Crippen LogP contribution in [0.5, 0.6) is 0 Å². The summed E-state index contributed by atoms with van der Waals surface area (Å²) in [5.41, 5.74) is 17.7. The number of rotatable bonds is 3. The second-order valence-corrected chi connectivity index (χ2v) is 10.6. The highest BCUT2D eigenvalue weighted by atomic mass is 15.0. The number of hydrogen-bond acceptors (Lipinski definition) is 1. The second kappa shape index (κ2) is 8.62. The van der Waals surface area contributed by atoms with E-state index in [4.69, 9.17) is 5.73 Å². The average molecular weight is 514 g/mol. The fraction of sp³-hybridized carbons (Fsp3) is 0.0270. The van der Waals surface area contributed by atoms with Gasteiger partial charge in [0.2, 0.25) is 0 Å². The highest BCUT2D eigenvalue weighted by Crippen LogP contribution is 2.36. The van der Waals surface area contributed by atoms with Crippen molar-refractivity contribution >= 4 is 49.3 Å². The standard InChI is InChI=1S/C37H27N3/c1-24-19-26(22-29(20-24)40-34-14-5-2-11-30(34)31-12-3-6-15-35(31)40)25-9-8-10-28(21-25)39-36-16-7-4-13-32(36)33-23-27(38)17-18-37(33)39/h2-23H,38H2,1H3. The second-order valence-electron chi connectivity index (χ2n) is 10.6. The lowest BCUT2D eigenvalue weighted by atomic mass is 10.0. The number of nitrogen functional groups attached to an aromatic ring is 1. The number of anilines is 1. The van der Waals surface area contributed by atoms with Crippen molar-refractivity contribution in [2.24, 2.45) is 0 Å². The van der Waals surface area contributed by atoms with E-state index in [0.717, 1.165) is 16.9 Å². The Morgan fingerprint density at radius 1 is 0.425 bits per heavy atom. The Labute approximate surface area is 232 Å². The summed E-state index contributed by atoms with van der Waals surface area (Å²) in [7, 11) is 0. The van der Waals surface area contributed by atoms with Crippen LogP contribution in [0.15, 0.2) is 133 Å². The molecule has 40 heavy (non-hydrogen) atoms. The van der Waals surface area contributed by atoms with Crippen molar-refractivity contribution in [1.29, 1.82) is 0 Å². The third-order valence-corrected chi connectivity index (χ3v) is 8.03. The van der Waals surface area contributed by atoms with Gasteiger partial charge in [-0.15, -0.1) is 0 Å². The summed E-state index contributed by atoms with van der Waals surface area (Å²) in [6.07, 6.45) is 0. The summed E-state index contributed by atoms with van der Waals surface area (Å²) in [6.45, 7) is 2.18. The van der Waals surface area contributed by atoms with Gasteiger partial charge in [0, 0.05) is 38.6 Å². The average Bonchev–Trinajstić information content (AvgIpc) is 3.50. The first-order valence-corrected chi connectivity index (χ1v) is 13.7. The van der Waals surface area contributed by atoms with Crippen LogP contribution in [0.1, 0.15) is 5.56 Å². The Kier molecular flexibility index (Phi) is 4.89. The molecule has 0 spiro atoms. The van der Waals surface area contributed by atoms with Crippen LogP contribution in [-0.4, -0.2) is 9.13 Å². The Bertz CT molecular complexity index is 2190. The first kappa shape index (κ1) is 22.7. The van der Waals surface area contributed by atoms with Crippen LogP contribution in [0.2, 0.25) is 0 Å². The molecule has 0 aliphatic carbocycles. The molecule has 2 N–H and O–H groups in total. The van der Waals surface area contributed by atoms with Crippen molar-refractivity contribution < 1.29 is 0 Å². The number of nitrogens with two attached hydrogens (primary N) is 1. The molecule has 0 saturated carbocycles. The first-order valence-electron chi connectivity index (χ1n) is 13.7. The quantitative estimate of drug-likeness (QED) is 0.235. The maximum Gasteiger partial charge on any atom is 0.0542 e. The summed E-state index contributed by atoms with van der Waals surface area (Å²) in [6, 6.07) is 47.8. The Hall–Kier alpha value is -5.28. The van der Waals surface area contributed by atoms with E-state index < -0.39 is 0 Å². The van der Waals surface area contributed by atoms with Crippen LogP contribution in [0.25, 0.3) is 66.1 Å². The molecule has 8 aromatic rings. The maximum absolute atomic E-state index is 6.19. The van der Waals surface area contributed by atoms with Crippen LogP contribution < -0.4 is 5.73 Å². The van der Waals surface area contributed by atoms with Gasteiger partial charge in [0.25, 0.3) is 0 Å². The predicted octanol–water partition coefficient (Wildman–Crippen LogP) is 9.44. The van der Waals surface area contributed by atoms with E-state index in [1.54, 1.807) is 0 Å². The number of aryl methyl sites for hydroxylation is 1. The lowest BCUT2D eigenvalue weighted by molar-refractivity contribution is 1.17. The molecule has 0 aliphatic heterocycles. The van der Waals surface area contributed by atoms with Crippen LogP contribution in [0.4, 0.5) is 5.69 Å². The molecule has 0 radical (unpaired) electrons. The summed E-state index contributed by atoms with van der Waals surface area (Å²) >= 11 is 0. The van der Waals surface area contributed by atoms with E-state index >= 15 is 0 Å². The molecular formula is C37H27N3. The molecule has 0 atom stereocenters. The highest BCUT2D eigenvalue weighted by Gasteiger charge is 2.15. The minimum Gasteiger partial charge on any atom is -0.399 e. The Morgan fingerprint density at radius 3 is 1.65 bits per heavy atom. The van der Waals surface area contributed by atoms with E-state index in [0.29, 0.717) is 0 Å². The van der Waals surface area contributed by atoms with E-state index in [1.807, 2.05) is 6.07 Å². The molecule has 190 valence electrons. The Balaban J connectivity index is 1.34. The molecule has 8 rings (SSSR count). The monoisotopic (exact) mass is 513 g/mol. The van der Waals surface area contributed by atoms with E-state index in [1.165, 1.54) is 60.5 Å². The largest absolute Gasteiger partial charge is 0.399 e. The number of benzene rings is 6. The zero-order valence-corrected chi connectivity index (χ0v) is 22.2. The van der Waals surface area contributed by atoms with E-state index in [9.17, 15) is 0 Å². The van der Waals surface area contributed by atoms with Crippen LogP contribution in [0, 0.1) is 6.92 Å². The molecule has 0 amide bonds. The zero-order valence-electron chi connectivity index (χ0n) is 22.2. The summed E-state index contributed by atoms with van der Waals surface area (Å²) in [5.74, 6) is 0. The molecule has 0 saturated heterocycles. The van der Waals surface area contributed by atoms with Gasteiger partial charge < -0.3 is 14.9 Å². The third kappa shape index (κ3) is 3.38. The zero-order chi connectivity index (χ0) is 26.8. The number of para-hydroxylation sites is 3. The molecule has 2 aromatic heterocycles. The minimum atomic E-state index is 0.779. The lowest BCUT2D eigenvalue weighted by Gasteiger charge is -2.14. The highest BCUT2D eigenvalue weighted by molar-refractivity contribution is 6.10. The molecule has 3 nitrogen and oxygen atoms in total. The molecule has 0 fully saturated rings. The van der Waals surface area contributed by atoms with Crippen LogP contribution in [-0.2, 0) is 0 Å². The molecule has 6 aromatic carbocycles. The van der Waals surface area contributed by atoms with Gasteiger partial charge in [-0.3, -0.25) is 0 Å². The van der Waals surface area contributed by atoms with Gasteiger partial charge in [-0.2, -0.15) is 0 Å². The maximum atomic E-state index is 6.19. The molecule has 0 unspecified atom stereocenters. The van der Waals surface area contributed by atoms with Gasteiger partial charge in [0.1, 0.15) is 0 Å². The first-order chi connectivity index (χ1) is 19.7. The number of nitrogens with zero attached hydrogens (tertiary/aromatic N) is 2. The van der Waals surface area contributed by atoms with Crippen molar-refractivity contribution in [1.82, 2.24) is 9.13 Å². The van der Waals surface area contributed by atoms with Gasteiger partial charge in [-0.1, -0.05) is 72.8 Å². The van der Waals surface area contributed by atoms with E-state index in [-0.39, 0.29) is 0 Å². The van der Waals surface area contributed by atoms with Crippen molar-refractivity contribution in [2.45, 2.75) is 6.92 Å². The third-order valence-electron chi connectivity index (χ3n) is 8.03. The van der Waals surface area contributed by atoms with Crippen molar-refractivity contribution in [2.75, 3.05) is 5.73 Å². The molecule has 3 heteroatoms. The predicted molar refractivity (Wildman–Crippen MR) is 170 cm³/mol. The number of fused-ring (bicyclic) bond motifs is 6. The number of hydrogen-bond donors (Lipinski definition) is 1. The minimum absolute atomic E-state index is 0.779. The summed E-state index contributed by atoms with van der Waals surface area (Å²) in [4.78, 5) is 0. The van der Waals surface area contributed by atoms with Crippen molar-refractivity contribution in [3.8, 4) is 22.5 Å². The Morgan fingerprint density at radius 2 is 0.975 bits per heavy atom. The molecule has 2 heterocycles. The summed E-state index contributed by atoms with van der Waals surface area (Å²) < 4.78 is 4.74. The normalized spacial score (nSPS) is 11.7.